The number of nitrogens with zero attached hydrogens (tertiary/aromatic N) is 3. The predicted octanol–water partition coefficient (Wildman–Crippen LogP) is 3.63. The summed E-state index contributed by atoms with van der Waals surface area (Å²) >= 11 is 6.09. The number of hydrogen-bond acceptors (Lipinski definition) is 3. The van der Waals surface area contributed by atoms with Crippen LogP contribution in [-0.4, -0.2) is 22.8 Å². The maximum absolute atomic E-state index is 9.12. The van der Waals surface area contributed by atoms with E-state index in [-0.39, 0.29) is 0 Å². The van der Waals surface area contributed by atoms with Gasteiger partial charge in [-0.2, -0.15) is 5.26 Å². The van der Waals surface area contributed by atoms with Crippen molar-refractivity contribution in [3.63, 3.8) is 0 Å². The molecule has 1 saturated heterocycles. The van der Waals surface area contributed by atoms with Crippen molar-refractivity contribution < 1.29 is 4.74 Å². The Balaban J connectivity index is 2.08. The van der Waals surface area contributed by atoms with Crippen molar-refractivity contribution in [2.24, 2.45) is 5.92 Å². The molecule has 1 unspecified atom stereocenters. The second kappa shape index (κ2) is 6.05. The van der Waals surface area contributed by atoms with Gasteiger partial charge in [0.1, 0.15) is 5.82 Å². The summed E-state index contributed by atoms with van der Waals surface area (Å²) < 4.78 is 7.66. The van der Waals surface area contributed by atoms with Crippen LogP contribution in [0.5, 0.6) is 0 Å². The molecule has 1 aromatic carbocycles. The van der Waals surface area contributed by atoms with Gasteiger partial charge in [-0.3, -0.25) is 0 Å². The highest BCUT2D eigenvalue weighted by molar-refractivity contribution is 6.16. The van der Waals surface area contributed by atoms with Crippen LogP contribution in [0.2, 0.25) is 0 Å². The van der Waals surface area contributed by atoms with E-state index in [1.165, 1.54) is 0 Å². The third-order valence-electron chi connectivity index (χ3n) is 4.37. The van der Waals surface area contributed by atoms with Crippen molar-refractivity contribution in [2.45, 2.75) is 31.7 Å². The lowest BCUT2D eigenvalue weighted by molar-refractivity contribution is 0.0516. The second-order valence-electron chi connectivity index (χ2n) is 5.54. The quantitative estimate of drug-likeness (QED) is 0.814. The van der Waals surface area contributed by atoms with Crippen molar-refractivity contribution in [3.8, 4) is 6.07 Å². The summed E-state index contributed by atoms with van der Waals surface area (Å²) in [4.78, 5) is 4.61. The molecule has 4 nitrogen and oxygen atoms in total. The average molecular weight is 304 g/mol. The van der Waals surface area contributed by atoms with Gasteiger partial charge < -0.3 is 9.30 Å². The van der Waals surface area contributed by atoms with Gasteiger partial charge in [0, 0.05) is 19.3 Å². The van der Waals surface area contributed by atoms with Gasteiger partial charge in [0.15, 0.2) is 0 Å². The zero-order chi connectivity index (χ0) is 14.8. The molecule has 1 atom stereocenters. The fraction of sp³-hybridized carbons (Fsp3) is 0.500. The molecule has 3 rings (SSSR count). The molecule has 1 fully saturated rings. The number of fused-ring (bicyclic) bond motifs is 1. The lowest BCUT2D eigenvalue weighted by Gasteiger charge is -2.30. The van der Waals surface area contributed by atoms with Crippen molar-refractivity contribution in [1.29, 1.82) is 5.26 Å². The normalized spacial score (nSPS) is 17.8. The zero-order valence-electron chi connectivity index (χ0n) is 12.1. The Morgan fingerprint density at radius 3 is 2.90 bits per heavy atom. The molecule has 2 heterocycles. The monoisotopic (exact) mass is 303 g/mol. The van der Waals surface area contributed by atoms with Gasteiger partial charge in [0.25, 0.3) is 0 Å². The largest absolute Gasteiger partial charge is 0.381 e. The number of ether oxygens (including phenoxy) is 1. The fourth-order valence-corrected chi connectivity index (χ4v) is 3.36. The molecule has 110 valence electrons. The summed E-state index contributed by atoms with van der Waals surface area (Å²) in [6.07, 6.45) is 2.11. The second-order valence-corrected chi connectivity index (χ2v) is 5.80. The Hall–Kier alpha value is -1.57. The van der Waals surface area contributed by atoms with Crippen LogP contribution in [0.1, 0.15) is 37.2 Å². The van der Waals surface area contributed by atoms with E-state index in [1.54, 1.807) is 6.07 Å². The first-order chi connectivity index (χ1) is 10.2. The fourth-order valence-electron chi connectivity index (χ4n) is 3.17. The van der Waals surface area contributed by atoms with E-state index in [1.807, 2.05) is 12.1 Å². The SMILES string of the molecule is CC(C1CCOCC1)n1c(CCl)nc2ccc(C#N)cc21. The summed E-state index contributed by atoms with van der Waals surface area (Å²) in [5.41, 5.74) is 2.57. The van der Waals surface area contributed by atoms with E-state index >= 15 is 0 Å². The van der Waals surface area contributed by atoms with Crippen molar-refractivity contribution in [2.75, 3.05) is 13.2 Å². The molecule has 0 aliphatic carbocycles. The van der Waals surface area contributed by atoms with Crippen molar-refractivity contribution >= 4 is 22.6 Å². The van der Waals surface area contributed by atoms with E-state index in [9.17, 15) is 0 Å². The molecule has 0 spiro atoms. The topological polar surface area (TPSA) is 50.8 Å². The minimum Gasteiger partial charge on any atom is -0.381 e. The Morgan fingerprint density at radius 1 is 1.48 bits per heavy atom. The molecule has 5 heteroatoms. The number of alkyl halides is 1. The molecule has 0 bridgehead atoms. The maximum atomic E-state index is 9.12. The van der Waals surface area contributed by atoms with Crippen molar-refractivity contribution in [3.05, 3.63) is 29.6 Å². The van der Waals surface area contributed by atoms with E-state index in [0.717, 1.165) is 42.9 Å². The van der Waals surface area contributed by atoms with Gasteiger partial charge in [0.2, 0.25) is 0 Å². The van der Waals surface area contributed by atoms with Gasteiger partial charge in [-0.15, -0.1) is 11.6 Å². The summed E-state index contributed by atoms with van der Waals surface area (Å²) in [5.74, 6) is 1.81. The molecule has 2 aromatic rings. The lowest BCUT2D eigenvalue weighted by Crippen LogP contribution is -2.25. The van der Waals surface area contributed by atoms with Gasteiger partial charge in [-0.1, -0.05) is 0 Å². The van der Waals surface area contributed by atoms with Crippen molar-refractivity contribution in [1.82, 2.24) is 9.55 Å². The number of nitriles is 1. The highest BCUT2D eigenvalue weighted by Gasteiger charge is 2.25. The lowest BCUT2D eigenvalue weighted by atomic mass is 9.92. The Morgan fingerprint density at radius 2 is 2.24 bits per heavy atom. The molecular formula is C16H18ClN3O. The Labute approximate surface area is 129 Å². The van der Waals surface area contributed by atoms with E-state index < -0.39 is 0 Å². The van der Waals surface area contributed by atoms with E-state index in [4.69, 9.17) is 21.6 Å². The van der Waals surface area contributed by atoms with Crippen LogP contribution >= 0.6 is 11.6 Å². The minimum atomic E-state index is 0.307. The first-order valence-corrected chi connectivity index (χ1v) is 7.82. The van der Waals surface area contributed by atoms with Crippen LogP contribution in [0.4, 0.5) is 0 Å². The molecule has 0 N–H and O–H groups in total. The maximum Gasteiger partial charge on any atom is 0.125 e. The highest BCUT2D eigenvalue weighted by Crippen LogP contribution is 2.32. The first-order valence-electron chi connectivity index (χ1n) is 7.29. The Kier molecular flexibility index (Phi) is 4.14. The van der Waals surface area contributed by atoms with Gasteiger partial charge in [-0.05, 0) is 43.9 Å². The predicted molar refractivity (Wildman–Crippen MR) is 82.3 cm³/mol. The third kappa shape index (κ3) is 2.64. The first kappa shape index (κ1) is 14.4. The average Bonchev–Trinajstić information content (AvgIpc) is 2.92. The van der Waals surface area contributed by atoms with Crippen LogP contribution in [0.3, 0.4) is 0 Å². The summed E-state index contributed by atoms with van der Waals surface area (Å²) in [6.45, 7) is 3.86. The van der Waals surface area contributed by atoms with Crippen LogP contribution in [0, 0.1) is 17.2 Å². The molecule has 0 amide bonds. The summed E-state index contributed by atoms with van der Waals surface area (Å²) in [5, 5.41) is 9.12. The third-order valence-corrected chi connectivity index (χ3v) is 4.61. The van der Waals surface area contributed by atoms with Crippen LogP contribution < -0.4 is 0 Å². The van der Waals surface area contributed by atoms with Gasteiger partial charge >= 0.3 is 0 Å². The van der Waals surface area contributed by atoms with Gasteiger partial charge in [0.05, 0.1) is 28.5 Å². The summed E-state index contributed by atoms with van der Waals surface area (Å²) in [7, 11) is 0. The molecule has 0 saturated carbocycles. The highest BCUT2D eigenvalue weighted by atomic mass is 35.5. The molecular weight excluding hydrogens is 286 g/mol. The number of halogens is 1. The molecule has 1 aliphatic heterocycles. The van der Waals surface area contributed by atoms with Crippen LogP contribution in [-0.2, 0) is 10.6 Å². The van der Waals surface area contributed by atoms with Crippen LogP contribution in [0.25, 0.3) is 11.0 Å². The minimum absolute atomic E-state index is 0.307. The molecule has 0 radical (unpaired) electrons. The number of hydrogen-bond donors (Lipinski definition) is 0. The molecule has 1 aromatic heterocycles. The number of benzene rings is 1. The Bertz CT molecular complexity index is 683. The number of imidazole rings is 1. The number of aromatic nitrogens is 2. The zero-order valence-corrected chi connectivity index (χ0v) is 12.8. The smallest absolute Gasteiger partial charge is 0.125 e. The summed E-state index contributed by atoms with van der Waals surface area (Å²) in [6, 6.07) is 8.12. The molecule has 21 heavy (non-hydrogen) atoms. The van der Waals surface area contributed by atoms with E-state index in [2.05, 4.69) is 22.5 Å². The van der Waals surface area contributed by atoms with E-state index in [0.29, 0.717) is 23.4 Å². The number of rotatable bonds is 3. The molecule has 1 aliphatic rings. The van der Waals surface area contributed by atoms with Gasteiger partial charge in [-0.25, -0.2) is 4.98 Å². The van der Waals surface area contributed by atoms with Crippen LogP contribution in [0.15, 0.2) is 18.2 Å². The standard InChI is InChI=1S/C16H18ClN3O/c1-11(13-4-6-21-7-5-13)20-15-8-12(10-18)2-3-14(15)19-16(20)9-17/h2-3,8,11,13H,4-7,9H2,1H3.